The molecule has 0 atom stereocenters. The lowest BCUT2D eigenvalue weighted by molar-refractivity contribution is 0.610. The van der Waals surface area contributed by atoms with Crippen LogP contribution in [0, 0.1) is 0 Å². The topological polar surface area (TPSA) is 49.8 Å². The van der Waals surface area contributed by atoms with Gasteiger partial charge in [0, 0.05) is 35.0 Å². The lowest BCUT2D eigenvalue weighted by atomic mass is 9.98. The van der Waals surface area contributed by atoms with Gasteiger partial charge in [0.1, 0.15) is 0 Å². The molecule has 0 spiro atoms. The Labute approximate surface area is 226 Å². The number of hydrogen-bond acceptors (Lipinski definition) is 4. The van der Waals surface area contributed by atoms with E-state index in [1.807, 2.05) is 0 Å². The van der Waals surface area contributed by atoms with Crippen LogP contribution in [-0.4, -0.2) is 23.1 Å². The van der Waals surface area contributed by atoms with E-state index in [4.69, 9.17) is 9.97 Å². The molecule has 2 aromatic heterocycles. The molecule has 2 aromatic carbocycles. The number of fused-ring (bicyclic) bond motifs is 4. The summed E-state index contributed by atoms with van der Waals surface area (Å²) >= 11 is 0. The first-order chi connectivity index (χ1) is 18.9. The standard InChI is InChI=1S/C34H38N4/c1(3-13-23-35-33-25-15-5-9-19-29(25)37-30-20-10-6-16-26(30)33)2-4-14-24-36-34-27-17-7-11-21-31(27)38-32-22-12-8-18-28(32)34/h5-9,11,15-19,21H,1-4,10,12-14,20,22-24H2,(H,35,37)(H,36,38). The Morgan fingerprint density at radius 1 is 0.553 bits per heavy atom. The van der Waals surface area contributed by atoms with E-state index in [1.54, 1.807) is 0 Å². The van der Waals surface area contributed by atoms with Crippen LogP contribution in [-0.2, 0) is 12.8 Å². The first-order valence-electron chi connectivity index (χ1n) is 14.5. The zero-order valence-electron chi connectivity index (χ0n) is 22.3. The van der Waals surface area contributed by atoms with E-state index in [0.717, 1.165) is 49.8 Å². The molecule has 2 heterocycles. The number of nitrogens with zero attached hydrogens (tertiary/aromatic N) is 2. The Balaban J connectivity index is 0.949. The van der Waals surface area contributed by atoms with Gasteiger partial charge in [-0.05, 0) is 50.7 Å². The fourth-order valence-electron chi connectivity index (χ4n) is 5.90. The van der Waals surface area contributed by atoms with Gasteiger partial charge in [0.2, 0.25) is 0 Å². The fraction of sp³-hybridized carbons (Fsp3) is 0.353. The van der Waals surface area contributed by atoms with E-state index in [-0.39, 0.29) is 0 Å². The van der Waals surface area contributed by atoms with Crippen LogP contribution in [0.25, 0.3) is 34.0 Å². The van der Waals surface area contributed by atoms with Crippen molar-refractivity contribution in [3.05, 3.63) is 83.2 Å². The quantitative estimate of drug-likeness (QED) is 0.202. The third kappa shape index (κ3) is 5.31. The molecule has 38 heavy (non-hydrogen) atoms. The molecule has 0 saturated carbocycles. The highest BCUT2D eigenvalue weighted by molar-refractivity contribution is 5.97. The highest BCUT2D eigenvalue weighted by atomic mass is 14.9. The molecule has 0 saturated heterocycles. The first kappa shape index (κ1) is 24.7. The van der Waals surface area contributed by atoms with Gasteiger partial charge in [0.25, 0.3) is 0 Å². The van der Waals surface area contributed by atoms with Crippen LogP contribution in [0.1, 0.15) is 73.9 Å². The summed E-state index contributed by atoms with van der Waals surface area (Å²) in [6, 6.07) is 17.1. The number of nitrogens with one attached hydrogen (secondary N) is 2. The van der Waals surface area contributed by atoms with E-state index in [0.29, 0.717) is 0 Å². The predicted octanol–water partition coefficient (Wildman–Crippen LogP) is 8.57. The number of aryl methyl sites for hydroxylation is 2. The van der Waals surface area contributed by atoms with E-state index in [9.17, 15) is 0 Å². The van der Waals surface area contributed by atoms with Crippen molar-refractivity contribution in [3.63, 3.8) is 0 Å². The molecule has 2 aliphatic carbocycles. The van der Waals surface area contributed by atoms with Crippen LogP contribution >= 0.6 is 0 Å². The summed E-state index contributed by atoms with van der Waals surface area (Å²) in [5.41, 5.74) is 9.81. The third-order valence-corrected chi connectivity index (χ3v) is 7.89. The van der Waals surface area contributed by atoms with Crippen LogP contribution in [0.3, 0.4) is 0 Å². The molecule has 4 heteroatoms. The van der Waals surface area contributed by atoms with Crippen molar-refractivity contribution in [2.24, 2.45) is 0 Å². The molecule has 2 aliphatic rings. The second kappa shape index (κ2) is 11.8. The number of unbranched alkanes of at least 4 members (excludes halogenated alkanes) is 5. The second-order valence-corrected chi connectivity index (χ2v) is 10.6. The van der Waals surface area contributed by atoms with Crippen LogP contribution in [0.15, 0.2) is 60.7 Å². The monoisotopic (exact) mass is 502 g/mol. The molecule has 0 fully saturated rings. The fourth-order valence-corrected chi connectivity index (χ4v) is 5.90. The zero-order valence-corrected chi connectivity index (χ0v) is 22.3. The molecule has 194 valence electrons. The van der Waals surface area contributed by atoms with Gasteiger partial charge < -0.3 is 10.6 Å². The number of allylic oxidation sites excluding steroid dienone is 2. The molecular formula is C34H38N4. The normalized spacial score (nSPS) is 14.0. The van der Waals surface area contributed by atoms with E-state index < -0.39 is 0 Å². The molecular weight excluding hydrogens is 464 g/mol. The Morgan fingerprint density at radius 3 is 1.50 bits per heavy atom. The maximum Gasteiger partial charge on any atom is 0.0726 e. The summed E-state index contributed by atoms with van der Waals surface area (Å²) in [7, 11) is 0. The van der Waals surface area contributed by atoms with Crippen molar-refractivity contribution in [1.29, 1.82) is 0 Å². The summed E-state index contributed by atoms with van der Waals surface area (Å²) in [6.45, 7) is 2.03. The van der Waals surface area contributed by atoms with E-state index in [2.05, 4.69) is 83.5 Å². The lowest BCUT2D eigenvalue weighted by Gasteiger charge is -2.19. The largest absolute Gasteiger partial charge is 0.384 e. The number of aromatic nitrogens is 2. The molecule has 0 unspecified atom stereocenters. The summed E-state index contributed by atoms with van der Waals surface area (Å²) in [5.74, 6) is 0. The Hall–Kier alpha value is -3.66. The summed E-state index contributed by atoms with van der Waals surface area (Å²) in [6.07, 6.45) is 20.9. The van der Waals surface area contributed by atoms with Gasteiger partial charge in [0.05, 0.1) is 33.8 Å². The molecule has 0 aliphatic heterocycles. The number of hydrogen-bond donors (Lipinski definition) is 2. The van der Waals surface area contributed by atoms with Crippen molar-refractivity contribution < 1.29 is 0 Å². The zero-order chi connectivity index (χ0) is 25.6. The Morgan fingerprint density at radius 2 is 1.00 bits per heavy atom. The number of anilines is 2. The molecule has 0 bridgehead atoms. The van der Waals surface area contributed by atoms with Gasteiger partial charge in [-0.2, -0.15) is 0 Å². The number of para-hydroxylation sites is 2. The molecule has 4 nitrogen and oxygen atoms in total. The van der Waals surface area contributed by atoms with Crippen molar-refractivity contribution >= 4 is 45.3 Å². The van der Waals surface area contributed by atoms with Gasteiger partial charge in [-0.25, -0.2) is 0 Å². The number of benzene rings is 2. The summed E-state index contributed by atoms with van der Waals surface area (Å²) < 4.78 is 0. The maximum absolute atomic E-state index is 4.92. The minimum Gasteiger partial charge on any atom is -0.384 e. The van der Waals surface area contributed by atoms with Crippen molar-refractivity contribution in [2.75, 3.05) is 23.7 Å². The average Bonchev–Trinajstić information content (AvgIpc) is 2.97. The summed E-state index contributed by atoms with van der Waals surface area (Å²) in [5, 5.41) is 10.0. The van der Waals surface area contributed by atoms with E-state index in [1.165, 1.54) is 83.2 Å². The molecule has 2 N–H and O–H groups in total. The van der Waals surface area contributed by atoms with Crippen LogP contribution < -0.4 is 10.6 Å². The SMILES string of the molecule is C1=Cc2c(nc3ccccc3c2NCCCCCCCCNc2c3c(nc4ccccc24)CCC=C3)CC1. The highest BCUT2D eigenvalue weighted by Crippen LogP contribution is 2.34. The second-order valence-electron chi connectivity index (χ2n) is 10.6. The van der Waals surface area contributed by atoms with Crippen LogP contribution in [0.4, 0.5) is 11.4 Å². The molecule has 0 radical (unpaired) electrons. The van der Waals surface area contributed by atoms with Crippen LogP contribution in [0.2, 0.25) is 0 Å². The van der Waals surface area contributed by atoms with Crippen molar-refractivity contribution in [1.82, 2.24) is 9.97 Å². The van der Waals surface area contributed by atoms with Gasteiger partial charge in [-0.3, -0.25) is 9.97 Å². The number of rotatable bonds is 11. The van der Waals surface area contributed by atoms with Gasteiger partial charge in [-0.15, -0.1) is 0 Å². The predicted molar refractivity (Wildman–Crippen MR) is 163 cm³/mol. The lowest BCUT2D eigenvalue weighted by Crippen LogP contribution is -2.09. The van der Waals surface area contributed by atoms with Gasteiger partial charge in [0.15, 0.2) is 0 Å². The van der Waals surface area contributed by atoms with Crippen molar-refractivity contribution in [2.45, 2.75) is 64.2 Å². The number of pyridine rings is 2. The highest BCUT2D eigenvalue weighted by Gasteiger charge is 2.16. The first-order valence-corrected chi connectivity index (χ1v) is 14.5. The minimum absolute atomic E-state index is 1.02. The molecule has 6 rings (SSSR count). The van der Waals surface area contributed by atoms with Gasteiger partial charge in [-0.1, -0.05) is 86.4 Å². The Bertz CT molecular complexity index is 1370. The smallest absolute Gasteiger partial charge is 0.0726 e. The minimum atomic E-state index is 1.02. The maximum atomic E-state index is 4.92. The van der Waals surface area contributed by atoms with Crippen LogP contribution in [0.5, 0.6) is 0 Å². The Kier molecular flexibility index (Phi) is 7.66. The summed E-state index contributed by atoms with van der Waals surface area (Å²) in [4.78, 5) is 9.84. The van der Waals surface area contributed by atoms with Crippen molar-refractivity contribution in [3.8, 4) is 0 Å². The van der Waals surface area contributed by atoms with E-state index >= 15 is 0 Å². The third-order valence-electron chi connectivity index (χ3n) is 7.89. The molecule has 4 aromatic rings. The molecule has 0 amide bonds. The van der Waals surface area contributed by atoms with Gasteiger partial charge >= 0.3 is 0 Å². The average molecular weight is 503 g/mol.